The van der Waals surface area contributed by atoms with Crippen LogP contribution in [0.15, 0.2) is 91.0 Å². The van der Waals surface area contributed by atoms with Gasteiger partial charge in [-0.05, 0) is 28.4 Å². The third-order valence-corrected chi connectivity index (χ3v) is 9.31. The van der Waals surface area contributed by atoms with Gasteiger partial charge in [0.15, 0.2) is 0 Å². The monoisotopic (exact) mass is 344 g/mol. The van der Waals surface area contributed by atoms with Gasteiger partial charge < -0.3 is 4.43 Å². The smallest absolute Gasteiger partial charge is 0.288 e. The first-order chi connectivity index (χ1) is 12.4. The third kappa shape index (κ3) is 3.20. The Morgan fingerprint density at radius 3 is 1.28 bits per heavy atom. The maximum atomic E-state index is 7.10. The fraction of sp³-hybridized carbons (Fsp3) is 0.217. The zero-order valence-electron chi connectivity index (χ0n) is 14.5. The third-order valence-electron chi connectivity index (χ3n) is 5.19. The second-order valence-electron chi connectivity index (χ2n) is 6.80. The molecule has 1 saturated carbocycles. The Morgan fingerprint density at radius 2 is 0.920 bits per heavy atom. The van der Waals surface area contributed by atoms with Crippen LogP contribution in [-0.4, -0.2) is 14.4 Å². The van der Waals surface area contributed by atoms with E-state index < -0.39 is 8.32 Å². The zero-order chi connectivity index (χ0) is 17.0. The molecule has 0 aromatic heterocycles. The quantitative estimate of drug-likeness (QED) is 0.507. The molecule has 3 aromatic carbocycles. The number of hydrogen-bond donors (Lipinski definition) is 0. The second kappa shape index (κ2) is 7.38. The summed E-state index contributed by atoms with van der Waals surface area (Å²) in [5.41, 5.74) is 0. The largest absolute Gasteiger partial charge is 0.401 e. The lowest BCUT2D eigenvalue weighted by atomic mass is 10.3. The van der Waals surface area contributed by atoms with Gasteiger partial charge in [-0.3, -0.25) is 0 Å². The molecule has 0 saturated heterocycles. The van der Waals surface area contributed by atoms with E-state index in [1.807, 2.05) is 0 Å². The Kier molecular flexibility index (Phi) is 4.82. The molecule has 0 spiro atoms. The fourth-order valence-corrected chi connectivity index (χ4v) is 8.11. The molecule has 3 aromatic rings. The minimum absolute atomic E-state index is 0.368. The van der Waals surface area contributed by atoms with Crippen LogP contribution in [0.2, 0.25) is 0 Å². The lowest BCUT2D eigenvalue weighted by Gasteiger charge is -2.35. The fourth-order valence-electron chi connectivity index (χ4n) is 3.98. The summed E-state index contributed by atoms with van der Waals surface area (Å²) in [7, 11) is -2.49. The van der Waals surface area contributed by atoms with Gasteiger partial charge in [-0.1, -0.05) is 104 Å². The van der Waals surface area contributed by atoms with Crippen LogP contribution in [0.3, 0.4) is 0 Å². The van der Waals surface area contributed by atoms with Gasteiger partial charge in [0.25, 0.3) is 8.32 Å². The summed E-state index contributed by atoms with van der Waals surface area (Å²) in [6.07, 6.45) is 5.30. The van der Waals surface area contributed by atoms with Crippen molar-refractivity contribution >= 4 is 23.9 Å². The van der Waals surface area contributed by atoms with Gasteiger partial charge in [-0.25, -0.2) is 0 Å². The van der Waals surface area contributed by atoms with E-state index in [-0.39, 0.29) is 0 Å². The summed E-state index contributed by atoms with van der Waals surface area (Å²) in [4.78, 5) is 0. The van der Waals surface area contributed by atoms with E-state index in [1.54, 1.807) is 0 Å². The highest BCUT2D eigenvalue weighted by molar-refractivity contribution is 7.07. The van der Waals surface area contributed by atoms with Crippen molar-refractivity contribution in [3.8, 4) is 0 Å². The van der Waals surface area contributed by atoms with Gasteiger partial charge in [0.1, 0.15) is 0 Å². The molecule has 1 nitrogen and oxygen atoms in total. The molecule has 4 rings (SSSR count). The van der Waals surface area contributed by atoms with E-state index in [2.05, 4.69) is 91.0 Å². The average Bonchev–Trinajstić information content (AvgIpc) is 3.21. The number of benzene rings is 3. The molecule has 0 atom stereocenters. The van der Waals surface area contributed by atoms with E-state index in [4.69, 9.17) is 4.43 Å². The summed E-state index contributed by atoms with van der Waals surface area (Å²) in [5.74, 6) is 0. The van der Waals surface area contributed by atoms with Crippen molar-refractivity contribution in [2.75, 3.05) is 0 Å². The minimum Gasteiger partial charge on any atom is -0.401 e. The van der Waals surface area contributed by atoms with E-state index >= 15 is 0 Å². The van der Waals surface area contributed by atoms with Crippen molar-refractivity contribution in [3.05, 3.63) is 91.0 Å². The van der Waals surface area contributed by atoms with Crippen molar-refractivity contribution in [1.82, 2.24) is 0 Å². The van der Waals surface area contributed by atoms with Gasteiger partial charge in [0.2, 0.25) is 0 Å². The van der Waals surface area contributed by atoms with Crippen molar-refractivity contribution in [2.24, 2.45) is 0 Å². The van der Waals surface area contributed by atoms with Crippen LogP contribution in [-0.2, 0) is 4.43 Å². The normalized spacial score (nSPS) is 15.4. The van der Waals surface area contributed by atoms with Gasteiger partial charge in [0, 0.05) is 6.10 Å². The Morgan fingerprint density at radius 1 is 0.560 bits per heavy atom. The molecule has 1 aliphatic carbocycles. The molecule has 0 heterocycles. The van der Waals surface area contributed by atoms with E-state index in [1.165, 1.54) is 41.2 Å². The average molecular weight is 345 g/mol. The summed E-state index contributed by atoms with van der Waals surface area (Å²) in [6.45, 7) is 0. The molecule has 2 heteroatoms. The van der Waals surface area contributed by atoms with Crippen LogP contribution in [0.4, 0.5) is 0 Å². The Hall–Kier alpha value is -2.16. The molecule has 25 heavy (non-hydrogen) atoms. The number of rotatable bonds is 5. The summed E-state index contributed by atoms with van der Waals surface area (Å²) < 4.78 is 7.10. The molecule has 0 N–H and O–H groups in total. The predicted octanol–water partition coefficient (Wildman–Crippen LogP) is 3.61. The minimum atomic E-state index is -2.49. The number of hydrogen-bond acceptors (Lipinski definition) is 1. The van der Waals surface area contributed by atoms with Crippen molar-refractivity contribution in [1.29, 1.82) is 0 Å². The van der Waals surface area contributed by atoms with Gasteiger partial charge in [-0.15, -0.1) is 0 Å². The molecule has 1 fully saturated rings. The predicted molar refractivity (Wildman–Crippen MR) is 107 cm³/mol. The van der Waals surface area contributed by atoms with Crippen LogP contribution in [0.1, 0.15) is 25.7 Å². The maximum Gasteiger partial charge on any atom is 0.288 e. The first-order valence-corrected chi connectivity index (χ1v) is 11.1. The van der Waals surface area contributed by atoms with Gasteiger partial charge >= 0.3 is 0 Å². The second-order valence-corrected chi connectivity index (χ2v) is 10.1. The first kappa shape index (κ1) is 16.3. The molecule has 0 radical (unpaired) electrons. The van der Waals surface area contributed by atoms with Crippen molar-refractivity contribution in [2.45, 2.75) is 31.8 Å². The Balaban J connectivity index is 1.93. The van der Waals surface area contributed by atoms with E-state index in [9.17, 15) is 0 Å². The lowest BCUT2D eigenvalue weighted by Crippen LogP contribution is -2.70. The van der Waals surface area contributed by atoms with Gasteiger partial charge in [-0.2, -0.15) is 0 Å². The molecule has 0 aliphatic heterocycles. The SMILES string of the molecule is c1ccc([Si](OC2CCCC2)(c2ccccc2)c2ccccc2)cc1. The first-order valence-electron chi connectivity index (χ1n) is 9.24. The highest BCUT2D eigenvalue weighted by Crippen LogP contribution is 2.24. The van der Waals surface area contributed by atoms with Gasteiger partial charge in [0.05, 0.1) is 0 Å². The lowest BCUT2D eigenvalue weighted by molar-refractivity contribution is 0.211. The standard InChI is InChI=1S/C23H24OSi/c1-4-14-21(15-5-1)25(22-16-6-2-7-17-22,23-18-8-3-9-19-23)24-20-12-10-11-13-20/h1-9,14-20H,10-13H2. The molecule has 0 bridgehead atoms. The van der Waals surface area contributed by atoms with Crippen molar-refractivity contribution in [3.63, 3.8) is 0 Å². The van der Waals surface area contributed by atoms with Crippen LogP contribution in [0.5, 0.6) is 0 Å². The van der Waals surface area contributed by atoms with E-state index in [0.717, 1.165) is 0 Å². The topological polar surface area (TPSA) is 9.23 Å². The van der Waals surface area contributed by atoms with Crippen LogP contribution >= 0.6 is 0 Å². The van der Waals surface area contributed by atoms with Crippen LogP contribution < -0.4 is 15.6 Å². The molecule has 126 valence electrons. The molecule has 0 unspecified atom stereocenters. The molecular weight excluding hydrogens is 320 g/mol. The Bertz CT molecular complexity index is 683. The highest BCUT2D eigenvalue weighted by atomic mass is 28.4. The van der Waals surface area contributed by atoms with Crippen molar-refractivity contribution < 1.29 is 4.43 Å². The van der Waals surface area contributed by atoms with Crippen LogP contribution in [0.25, 0.3) is 0 Å². The summed E-state index contributed by atoms with van der Waals surface area (Å²) >= 11 is 0. The highest BCUT2D eigenvalue weighted by Gasteiger charge is 2.44. The molecular formula is C23H24OSi. The Labute approximate surface area is 151 Å². The molecule has 1 aliphatic rings. The zero-order valence-corrected chi connectivity index (χ0v) is 15.5. The summed E-state index contributed by atoms with van der Waals surface area (Å²) in [5, 5.41) is 4.00. The van der Waals surface area contributed by atoms with Crippen LogP contribution in [0, 0.1) is 0 Å². The maximum absolute atomic E-state index is 7.10. The molecule has 0 amide bonds. The summed E-state index contributed by atoms with van der Waals surface area (Å²) in [6, 6.07) is 32.6. The van der Waals surface area contributed by atoms with E-state index in [0.29, 0.717) is 6.10 Å².